The van der Waals surface area contributed by atoms with Crippen LogP contribution in [0.1, 0.15) is 93.2 Å². The minimum atomic E-state index is -0.751. The lowest BCUT2D eigenvalue weighted by Crippen LogP contribution is -2.51. The summed E-state index contributed by atoms with van der Waals surface area (Å²) in [6.45, 7) is 8.02. The SMILES string of the molecule is CC1(C)CC=C(c2cc([C@H]3C[C@](C)(CO)O[C@](C)(CO)C3)ccc2NC(=O)c2nc(C#N)c[nH]2)CC1. The third kappa shape index (κ3) is 5.54. The van der Waals surface area contributed by atoms with Crippen molar-refractivity contribution < 1.29 is 19.7 Å². The van der Waals surface area contributed by atoms with Crippen LogP contribution in [0.4, 0.5) is 5.69 Å². The van der Waals surface area contributed by atoms with E-state index in [1.807, 2.05) is 32.0 Å². The zero-order valence-corrected chi connectivity index (χ0v) is 21.5. The van der Waals surface area contributed by atoms with Crippen LogP contribution in [0.5, 0.6) is 0 Å². The molecule has 192 valence electrons. The van der Waals surface area contributed by atoms with E-state index in [1.54, 1.807) is 0 Å². The number of amides is 1. The monoisotopic (exact) mass is 492 g/mol. The van der Waals surface area contributed by atoms with Crippen molar-refractivity contribution in [3.05, 3.63) is 53.1 Å². The van der Waals surface area contributed by atoms with Crippen LogP contribution in [0.2, 0.25) is 0 Å². The fourth-order valence-electron chi connectivity index (χ4n) is 5.41. The number of aliphatic hydroxyl groups excluding tert-OH is 2. The molecular weight excluding hydrogens is 456 g/mol. The van der Waals surface area contributed by atoms with Crippen LogP contribution < -0.4 is 5.32 Å². The van der Waals surface area contributed by atoms with Crippen LogP contribution >= 0.6 is 0 Å². The summed E-state index contributed by atoms with van der Waals surface area (Å²) < 4.78 is 6.12. The van der Waals surface area contributed by atoms with Crippen molar-refractivity contribution in [2.24, 2.45) is 5.41 Å². The topological polar surface area (TPSA) is 131 Å². The number of carbonyl (C=O) groups excluding carboxylic acids is 1. The molecule has 0 spiro atoms. The van der Waals surface area contributed by atoms with E-state index in [9.17, 15) is 15.0 Å². The quantitative estimate of drug-likeness (QED) is 0.469. The van der Waals surface area contributed by atoms with Crippen molar-refractivity contribution in [1.29, 1.82) is 5.26 Å². The third-order valence-electron chi connectivity index (χ3n) is 7.51. The zero-order chi connectivity index (χ0) is 26.1. The number of imidazole rings is 1. The number of H-pyrrole nitrogens is 1. The Labute approximate surface area is 212 Å². The smallest absolute Gasteiger partial charge is 0.291 e. The number of carbonyl (C=O) groups is 1. The van der Waals surface area contributed by atoms with Gasteiger partial charge in [0.25, 0.3) is 5.91 Å². The van der Waals surface area contributed by atoms with Crippen molar-refractivity contribution in [1.82, 2.24) is 9.97 Å². The molecule has 1 aliphatic carbocycles. The molecule has 0 radical (unpaired) electrons. The molecule has 0 unspecified atom stereocenters. The van der Waals surface area contributed by atoms with Gasteiger partial charge in [0, 0.05) is 17.4 Å². The first-order chi connectivity index (χ1) is 17.0. The number of nitrogens with one attached hydrogen (secondary N) is 2. The van der Waals surface area contributed by atoms with E-state index >= 15 is 0 Å². The van der Waals surface area contributed by atoms with Crippen LogP contribution in [0, 0.1) is 16.7 Å². The Hall–Kier alpha value is -2.99. The standard InChI is InChI=1S/C28H36N4O4/c1-26(2)9-7-18(8-10-26)22-11-19(20-12-27(3,16-33)36-28(4,13-20)17-34)5-6-23(22)32-25(35)24-30-15-21(14-29)31-24/h5-7,11,15,20,33-34H,8-10,12-13,16-17H2,1-4H3,(H,30,31)(H,32,35)/t20-,27+,28-. The van der Waals surface area contributed by atoms with Crippen LogP contribution in [0.15, 0.2) is 30.5 Å². The molecule has 8 nitrogen and oxygen atoms in total. The van der Waals surface area contributed by atoms with Gasteiger partial charge in [-0.05, 0) is 80.6 Å². The van der Waals surface area contributed by atoms with Crippen molar-refractivity contribution in [3.8, 4) is 6.07 Å². The van der Waals surface area contributed by atoms with Gasteiger partial charge in [0.05, 0.1) is 24.4 Å². The fourth-order valence-corrected chi connectivity index (χ4v) is 5.41. The zero-order valence-electron chi connectivity index (χ0n) is 21.5. The Morgan fingerprint density at radius 2 is 1.92 bits per heavy atom. The van der Waals surface area contributed by atoms with Gasteiger partial charge in [-0.15, -0.1) is 0 Å². The molecule has 1 fully saturated rings. The number of nitriles is 1. The summed E-state index contributed by atoms with van der Waals surface area (Å²) in [5.74, 6) is -0.253. The number of allylic oxidation sites excluding steroid dienone is 2. The number of benzene rings is 1. The van der Waals surface area contributed by atoms with Crippen molar-refractivity contribution in [2.75, 3.05) is 18.5 Å². The van der Waals surface area contributed by atoms with Crippen LogP contribution in [0.25, 0.3) is 5.57 Å². The maximum Gasteiger partial charge on any atom is 0.291 e. The molecule has 1 saturated heterocycles. The van der Waals surface area contributed by atoms with Crippen molar-refractivity contribution in [3.63, 3.8) is 0 Å². The van der Waals surface area contributed by atoms with E-state index in [2.05, 4.69) is 41.3 Å². The summed E-state index contributed by atoms with van der Waals surface area (Å²) in [6.07, 6.45) is 7.81. The molecule has 1 amide bonds. The number of hydrogen-bond acceptors (Lipinski definition) is 6. The maximum atomic E-state index is 12.9. The van der Waals surface area contributed by atoms with E-state index in [-0.39, 0.29) is 36.1 Å². The number of ether oxygens (including phenoxy) is 1. The first kappa shape index (κ1) is 26.1. The lowest BCUT2D eigenvalue weighted by atomic mass is 9.74. The average Bonchev–Trinajstić information content (AvgIpc) is 3.34. The predicted molar refractivity (Wildman–Crippen MR) is 137 cm³/mol. The number of anilines is 1. The van der Waals surface area contributed by atoms with Gasteiger partial charge in [-0.25, -0.2) is 4.98 Å². The number of rotatable bonds is 6. The molecule has 3 atom stereocenters. The maximum absolute atomic E-state index is 12.9. The molecule has 1 aliphatic heterocycles. The lowest BCUT2D eigenvalue weighted by Gasteiger charge is -2.47. The van der Waals surface area contributed by atoms with Crippen LogP contribution in [-0.4, -0.2) is 50.5 Å². The molecular formula is C28H36N4O4. The molecule has 2 aromatic rings. The van der Waals surface area contributed by atoms with E-state index < -0.39 is 17.1 Å². The molecule has 8 heteroatoms. The third-order valence-corrected chi connectivity index (χ3v) is 7.51. The van der Waals surface area contributed by atoms with Gasteiger partial charge in [0.15, 0.2) is 11.5 Å². The van der Waals surface area contributed by atoms with Gasteiger partial charge >= 0.3 is 0 Å². The van der Waals surface area contributed by atoms with Crippen molar-refractivity contribution >= 4 is 17.2 Å². The van der Waals surface area contributed by atoms with Gasteiger partial charge < -0.3 is 25.3 Å². The highest BCUT2D eigenvalue weighted by Crippen LogP contribution is 2.46. The number of aliphatic hydroxyl groups is 2. The Morgan fingerprint density at radius 3 is 2.47 bits per heavy atom. The van der Waals surface area contributed by atoms with Crippen molar-refractivity contribution in [2.45, 2.75) is 76.9 Å². The number of aromatic amines is 1. The van der Waals surface area contributed by atoms with E-state index in [4.69, 9.17) is 10.00 Å². The van der Waals surface area contributed by atoms with Gasteiger partial charge in [0.2, 0.25) is 0 Å². The highest BCUT2D eigenvalue weighted by Gasteiger charge is 2.44. The van der Waals surface area contributed by atoms with Gasteiger partial charge in [0.1, 0.15) is 6.07 Å². The summed E-state index contributed by atoms with van der Waals surface area (Å²) >= 11 is 0. The summed E-state index contributed by atoms with van der Waals surface area (Å²) in [6, 6.07) is 7.98. The first-order valence-corrected chi connectivity index (χ1v) is 12.5. The number of aromatic nitrogens is 2. The summed E-state index contributed by atoms with van der Waals surface area (Å²) in [5.41, 5.74) is 2.81. The van der Waals surface area contributed by atoms with E-state index in [1.165, 1.54) is 11.8 Å². The number of nitrogens with zero attached hydrogens (tertiary/aromatic N) is 2. The molecule has 2 aliphatic rings. The molecule has 4 rings (SSSR count). The summed E-state index contributed by atoms with van der Waals surface area (Å²) in [7, 11) is 0. The Morgan fingerprint density at radius 1 is 1.22 bits per heavy atom. The molecule has 4 N–H and O–H groups in total. The lowest BCUT2D eigenvalue weighted by molar-refractivity contribution is -0.208. The highest BCUT2D eigenvalue weighted by molar-refractivity contribution is 6.03. The van der Waals surface area contributed by atoms with Crippen LogP contribution in [-0.2, 0) is 4.74 Å². The second kappa shape index (κ2) is 9.81. The second-order valence-electron chi connectivity index (χ2n) is 11.5. The average molecular weight is 493 g/mol. The largest absolute Gasteiger partial charge is 0.393 e. The Balaban J connectivity index is 1.71. The minimum absolute atomic E-state index is 0.0699. The predicted octanol–water partition coefficient (Wildman–Crippen LogP) is 4.52. The van der Waals surface area contributed by atoms with E-state index in [0.29, 0.717) is 18.5 Å². The molecule has 0 saturated carbocycles. The normalized spacial score (nSPS) is 27.7. The van der Waals surface area contributed by atoms with Gasteiger partial charge in [-0.1, -0.05) is 26.0 Å². The summed E-state index contributed by atoms with van der Waals surface area (Å²) in [4.78, 5) is 19.7. The molecule has 1 aromatic heterocycles. The first-order valence-electron chi connectivity index (χ1n) is 12.5. The highest BCUT2D eigenvalue weighted by atomic mass is 16.5. The Kier molecular flexibility index (Phi) is 7.11. The fraction of sp³-hybridized carbons (Fsp3) is 0.536. The van der Waals surface area contributed by atoms with Crippen LogP contribution in [0.3, 0.4) is 0 Å². The molecule has 2 heterocycles. The minimum Gasteiger partial charge on any atom is -0.393 e. The second-order valence-corrected chi connectivity index (χ2v) is 11.5. The summed E-state index contributed by atoms with van der Waals surface area (Å²) in [5, 5.41) is 32.1. The number of hydrogen-bond donors (Lipinski definition) is 4. The van der Waals surface area contributed by atoms with Gasteiger partial charge in [-0.2, -0.15) is 5.26 Å². The van der Waals surface area contributed by atoms with E-state index in [0.717, 1.165) is 30.4 Å². The molecule has 1 aromatic carbocycles. The molecule has 0 bridgehead atoms. The van der Waals surface area contributed by atoms with Gasteiger partial charge in [-0.3, -0.25) is 4.79 Å². The Bertz CT molecular complexity index is 1190. The molecule has 36 heavy (non-hydrogen) atoms.